The molecule has 0 saturated heterocycles. The number of hydrazone groups is 1. The predicted molar refractivity (Wildman–Crippen MR) is 115 cm³/mol. The van der Waals surface area contributed by atoms with E-state index in [1.165, 1.54) is 12.1 Å². The van der Waals surface area contributed by atoms with Crippen LogP contribution in [0.3, 0.4) is 0 Å². The highest BCUT2D eigenvalue weighted by Gasteiger charge is 2.33. The second-order valence-electron chi connectivity index (χ2n) is 7.92. The molecule has 6 heteroatoms. The molecule has 0 saturated carbocycles. The van der Waals surface area contributed by atoms with Crippen LogP contribution in [0.1, 0.15) is 57.2 Å². The fourth-order valence-electron chi connectivity index (χ4n) is 3.52. The van der Waals surface area contributed by atoms with Crippen LogP contribution < -0.4 is 5.32 Å². The molecular formula is C23H27ClFN3O. The molecule has 1 aliphatic heterocycles. The second kappa shape index (κ2) is 8.95. The Labute approximate surface area is 176 Å². The number of nitrogens with one attached hydrogen (secondary N) is 1. The number of hydrogen-bond acceptors (Lipinski definition) is 3. The lowest BCUT2D eigenvalue weighted by atomic mass is 9.93. The van der Waals surface area contributed by atoms with Crippen LogP contribution in [-0.2, 0) is 10.3 Å². The first-order valence-electron chi connectivity index (χ1n) is 9.98. The van der Waals surface area contributed by atoms with E-state index in [-0.39, 0.29) is 17.8 Å². The zero-order valence-electron chi connectivity index (χ0n) is 17.1. The molecule has 1 unspecified atom stereocenters. The van der Waals surface area contributed by atoms with Gasteiger partial charge in [-0.1, -0.05) is 49.2 Å². The van der Waals surface area contributed by atoms with Crippen LogP contribution in [-0.4, -0.2) is 23.2 Å². The molecule has 2 aromatic carbocycles. The zero-order chi connectivity index (χ0) is 21.0. The first-order valence-corrected chi connectivity index (χ1v) is 10.4. The Morgan fingerprint density at radius 3 is 2.66 bits per heavy atom. The largest absolute Gasteiger partial charge is 0.342 e. The first-order chi connectivity index (χ1) is 13.8. The van der Waals surface area contributed by atoms with E-state index in [0.717, 1.165) is 30.5 Å². The Kier molecular flexibility index (Phi) is 6.58. The van der Waals surface area contributed by atoms with E-state index in [9.17, 15) is 9.18 Å². The highest BCUT2D eigenvalue weighted by Crippen LogP contribution is 2.32. The number of hydrogen-bond donors (Lipinski definition) is 1. The quantitative estimate of drug-likeness (QED) is 0.654. The maximum absolute atomic E-state index is 13.2. The SMILES string of the molecule is CCCCN1N=C(C(=O)NC(C)(C)c2ccc(F)cc2)CC1c1cccc(Cl)c1. The lowest BCUT2D eigenvalue weighted by Crippen LogP contribution is -2.44. The van der Waals surface area contributed by atoms with Crippen molar-refractivity contribution in [2.45, 2.75) is 51.6 Å². The number of amides is 1. The smallest absolute Gasteiger partial charge is 0.268 e. The third kappa shape index (κ3) is 5.15. The van der Waals surface area contributed by atoms with E-state index in [1.807, 2.05) is 43.1 Å². The van der Waals surface area contributed by atoms with Crippen LogP contribution in [0.2, 0.25) is 5.02 Å². The zero-order valence-corrected chi connectivity index (χ0v) is 17.8. The number of unbranched alkanes of at least 4 members (excludes halogenated alkanes) is 1. The summed E-state index contributed by atoms with van der Waals surface area (Å²) in [7, 11) is 0. The molecule has 0 fully saturated rings. The Morgan fingerprint density at radius 2 is 2.00 bits per heavy atom. The summed E-state index contributed by atoms with van der Waals surface area (Å²) in [5.41, 5.74) is 1.75. The molecule has 4 nitrogen and oxygen atoms in total. The fourth-order valence-corrected chi connectivity index (χ4v) is 3.72. The van der Waals surface area contributed by atoms with Gasteiger partial charge in [0.25, 0.3) is 5.91 Å². The molecule has 1 amide bonds. The first kappa shape index (κ1) is 21.3. The maximum atomic E-state index is 13.2. The van der Waals surface area contributed by atoms with Gasteiger partial charge in [-0.05, 0) is 55.7 Å². The number of halogens is 2. The van der Waals surface area contributed by atoms with E-state index < -0.39 is 5.54 Å². The van der Waals surface area contributed by atoms with Gasteiger partial charge in [0.15, 0.2) is 0 Å². The highest BCUT2D eigenvalue weighted by atomic mass is 35.5. The van der Waals surface area contributed by atoms with Gasteiger partial charge in [-0.15, -0.1) is 0 Å². The van der Waals surface area contributed by atoms with Gasteiger partial charge in [0.1, 0.15) is 11.5 Å². The summed E-state index contributed by atoms with van der Waals surface area (Å²) in [6.07, 6.45) is 2.57. The summed E-state index contributed by atoms with van der Waals surface area (Å²) in [5.74, 6) is -0.502. The summed E-state index contributed by atoms with van der Waals surface area (Å²) >= 11 is 6.18. The van der Waals surface area contributed by atoms with Crippen LogP contribution in [0.4, 0.5) is 4.39 Å². The molecule has 1 aliphatic rings. The Morgan fingerprint density at radius 1 is 1.28 bits per heavy atom. The summed E-state index contributed by atoms with van der Waals surface area (Å²) in [6, 6.07) is 13.9. The molecule has 29 heavy (non-hydrogen) atoms. The number of nitrogens with zero attached hydrogens (tertiary/aromatic N) is 2. The van der Waals surface area contributed by atoms with Gasteiger partial charge >= 0.3 is 0 Å². The van der Waals surface area contributed by atoms with Crippen molar-refractivity contribution in [3.05, 3.63) is 70.5 Å². The molecule has 1 heterocycles. The number of carbonyl (C=O) groups excluding carboxylic acids is 1. The third-order valence-corrected chi connectivity index (χ3v) is 5.46. The number of rotatable bonds is 7. The maximum Gasteiger partial charge on any atom is 0.268 e. The molecule has 1 atom stereocenters. The van der Waals surface area contributed by atoms with Crippen LogP contribution in [0.5, 0.6) is 0 Å². The number of carbonyl (C=O) groups is 1. The Bertz CT molecular complexity index is 895. The minimum Gasteiger partial charge on any atom is -0.342 e. The average molecular weight is 416 g/mol. The average Bonchev–Trinajstić information content (AvgIpc) is 3.11. The van der Waals surface area contributed by atoms with Crippen LogP contribution in [0.15, 0.2) is 53.6 Å². The Balaban J connectivity index is 1.78. The molecule has 1 N–H and O–H groups in total. The van der Waals surface area contributed by atoms with Gasteiger partial charge in [-0.2, -0.15) is 5.10 Å². The molecule has 154 valence electrons. The molecule has 0 radical (unpaired) electrons. The molecule has 2 aromatic rings. The molecule has 0 aliphatic carbocycles. The molecule has 0 bridgehead atoms. The summed E-state index contributed by atoms with van der Waals surface area (Å²) in [4.78, 5) is 13.0. The molecule has 3 rings (SSSR count). The Hall–Kier alpha value is -2.40. The normalized spacial score (nSPS) is 16.7. The number of benzene rings is 2. The molecule has 0 aromatic heterocycles. The van der Waals surface area contributed by atoms with E-state index in [4.69, 9.17) is 11.6 Å². The second-order valence-corrected chi connectivity index (χ2v) is 8.36. The minimum absolute atomic E-state index is 0.00469. The van der Waals surface area contributed by atoms with Gasteiger partial charge in [-0.25, -0.2) is 4.39 Å². The van der Waals surface area contributed by atoms with E-state index in [2.05, 4.69) is 17.3 Å². The van der Waals surface area contributed by atoms with Crippen molar-refractivity contribution in [3.63, 3.8) is 0 Å². The fraction of sp³-hybridized carbons (Fsp3) is 0.391. The minimum atomic E-state index is -0.643. The lowest BCUT2D eigenvalue weighted by Gasteiger charge is -2.26. The standard InChI is InChI=1S/C23H27ClFN3O/c1-4-5-13-28-21(16-7-6-8-18(24)14-16)15-20(27-28)22(29)26-23(2,3)17-9-11-19(25)12-10-17/h6-12,14,21H,4-5,13,15H2,1-3H3,(H,26,29). The van der Waals surface area contributed by atoms with Crippen LogP contribution in [0, 0.1) is 5.82 Å². The van der Waals surface area contributed by atoms with Gasteiger partial charge in [-0.3, -0.25) is 9.80 Å². The summed E-state index contributed by atoms with van der Waals surface area (Å²) in [6.45, 7) is 6.72. The summed E-state index contributed by atoms with van der Waals surface area (Å²) < 4.78 is 13.2. The highest BCUT2D eigenvalue weighted by molar-refractivity contribution is 6.39. The van der Waals surface area contributed by atoms with Crippen molar-refractivity contribution in [1.29, 1.82) is 0 Å². The van der Waals surface area contributed by atoms with Crippen molar-refractivity contribution in [1.82, 2.24) is 10.3 Å². The van der Waals surface area contributed by atoms with Crippen molar-refractivity contribution < 1.29 is 9.18 Å². The van der Waals surface area contributed by atoms with Crippen molar-refractivity contribution in [2.75, 3.05) is 6.54 Å². The van der Waals surface area contributed by atoms with Crippen molar-refractivity contribution in [2.24, 2.45) is 5.10 Å². The van der Waals surface area contributed by atoms with Crippen LogP contribution >= 0.6 is 11.6 Å². The van der Waals surface area contributed by atoms with Gasteiger partial charge in [0.05, 0.1) is 11.6 Å². The predicted octanol–water partition coefficient (Wildman–Crippen LogP) is 5.43. The van der Waals surface area contributed by atoms with E-state index in [1.54, 1.807) is 12.1 Å². The summed E-state index contributed by atoms with van der Waals surface area (Å²) in [5, 5.41) is 10.4. The lowest BCUT2D eigenvalue weighted by molar-refractivity contribution is -0.116. The molecule has 0 spiro atoms. The monoisotopic (exact) mass is 415 g/mol. The van der Waals surface area contributed by atoms with Gasteiger partial charge < -0.3 is 5.32 Å². The van der Waals surface area contributed by atoms with Crippen molar-refractivity contribution in [3.8, 4) is 0 Å². The molecular weight excluding hydrogens is 389 g/mol. The van der Waals surface area contributed by atoms with E-state index in [0.29, 0.717) is 17.2 Å². The van der Waals surface area contributed by atoms with Gasteiger partial charge in [0.2, 0.25) is 0 Å². The van der Waals surface area contributed by atoms with Crippen LogP contribution in [0.25, 0.3) is 0 Å². The van der Waals surface area contributed by atoms with Crippen molar-refractivity contribution >= 4 is 23.2 Å². The van der Waals surface area contributed by atoms with Gasteiger partial charge in [0, 0.05) is 18.0 Å². The third-order valence-electron chi connectivity index (χ3n) is 5.22. The topological polar surface area (TPSA) is 44.7 Å². The van der Waals surface area contributed by atoms with E-state index >= 15 is 0 Å².